The van der Waals surface area contributed by atoms with E-state index in [1.807, 2.05) is 6.92 Å². The maximum absolute atomic E-state index is 13.3. The fraction of sp³-hybridized carbons (Fsp3) is 0.407. The number of hydrogen-bond acceptors (Lipinski definition) is 7. The zero-order valence-electron chi connectivity index (χ0n) is 22.3. The molecule has 0 heterocycles. The van der Waals surface area contributed by atoms with E-state index in [-0.39, 0.29) is 22.5 Å². The van der Waals surface area contributed by atoms with Crippen LogP contribution < -0.4 is 15.7 Å². The smallest absolute Gasteiger partial charge is 0.444 e. The molecule has 0 aliphatic carbocycles. The number of carbonyl (C=O) groups is 4. The SMILES string of the molecule is CCCNC(=O)c1ccccc1N(OC(=O)c1ccccc1NC(=O)OC(C)(C)C)C(=O)OC(C)(C)C. The molecule has 0 radical (unpaired) electrons. The Morgan fingerprint density at radius 3 is 1.97 bits per heavy atom. The van der Waals surface area contributed by atoms with E-state index in [0.717, 1.165) is 0 Å². The summed E-state index contributed by atoms with van der Waals surface area (Å²) >= 11 is 0. The summed E-state index contributed by atoms with van der Waals surface area (Å²) in [4.78, 5) is 57.0. The van der Waals surface area contributed by atoms with Crippen molar-refractivity contribution in [1.82, 2.24) is 5.32 Å². The number of anilines is 2. The first kappa shape index (κ1) is 29.2. The third-order valence-electron chi connectivity index (χ3n) is 4.42. The van der Waals surface area contributed by atoms with Crippen LogP contribution in [0.2, 0.25) is 0 Å². The molecule has 0 unspecified atom stereocenters. The van der Waals surface area contributed by atoms with Crippen molar-refractivity contribution in [2.75, 3.05) is 16.9 Å². The number of ether oxygens (including phenoxy) is 2. The minimum Gasteiger partial charge on any atom is -0.444 e. The highest BCUT2D eigenvalue weighted by Crippen LogP contribution is 2.26. The predicted octanol–water partition coefficient (Wildman–Crippen LogP) is 5.69. The summed E-state index contributed by atoms with van der Waals surface area (Å²) in [5.41, 5.74) is -1.49. The summed E-state index contributed by atoms with van der Waals surface area (Å²) in [5, 5.41) is 5.90. The molecule has 0 aliphatic rings. The molecule has 37 heavy (non-hydrogen) atoms. The van der Waals surface area contributed by atoms with E-state index in [9.17, 15) is 19.2 Å². The van der Waals surface area contributed by atoms with E-state index in [4.69, 9.17) is 14.3 Å². The number of nitrogens with one attached hydrogen (secondary N) is 2. The highest BCUT2D eigenvalue weighted by molar-refractivity contribution is 6.05. The third kappa shape index (κ3) is 9.14. The molecule has 2 aromatic carbocycles. The minimum atomic E-state index is -1.01. The fourth-order valence-electron chi connectivity index (χ4n) is 2.98. The Morgan fingerprint density at radius 1 is 0.811 bits per heavy atom. The summed E-state index contributed by atoms with van der Waals surface area (Å²) in [5.74, 6) is -1.42. The van der Waals surface area contributed by atoms with Crippen LogP contribution in [-0.4, -0.2) is 41.8 Å². The molecule has 200 valence electrons. The fourth-order valence-corrected chi connectivity index (χ4v) is 2.98. The van der Waals surface area contributed by atoms with Crippen LogP contribution in [-0.2, 0) is 14.3 Å². The van der Waals surface area contributed by atoms with E-state index < -0.39 is 35.3 Å². The molecule has 3 amide bonds. The lowest BCUT2D eigenvalue weighted by Crippen LogP contribution is -2.40. The highest BCUT2D eigenvalue weighted by atomic mass is 16.8. The maximum Gasteiger partial charge on any atom is 0.448 e. The standard InChI is InChI=1S/C27H35N3O7/c1-8-17-28-22(31)19-14-10-12-16-21(19)30(25(34)36-27(5,6)7)37-23(32)18-13-9-11-15-20(18)29-24(33)35-26(2,3)4/h9-16H,8,17H2,1-7H3,(H,28,31)(H,29,33). The van der Waals surface area contributed by atoms with Crippen LogP contribution in [0.3, 0.4) is 0 Å². The largest absolute Gasteiger partial charge is 0.448 e. The second-order valence-corrected chi connectivity index (χ2v) is 10.1. The van der Waals surface area contributed by atoms with Crippen LogP contribution in [0.5, 0.6) is 0 Å². The number of amides is 3. The molecule has 10 nitrogen and oxygen atoms in total. The lowest BCUT2D eigenvalue weighted by Gasteiger charge is -2.27. The summed E-state index contributed by atoms with van der Waals surface area (Å²) in [6.45, 7) is 12.4. The van der Waals surface area contributed by atoms with E-state index in [1.54, 1.807) is 65.8 Å². The Morgan fingerprint density at radius 2 is 1.38 bits per heavy atom. The Labute approximate surface area is 217 Å². The van der Waals surface area contributed by atoms with Crippen molar-refractivity contribution in [2.45, 2.75) is 66.1 Å². The zero-order chi connectivity index (χ0) is 27.8. The van der Waals surface area contributed by atoms with Gasteiger partial charge in [0.2, 0.25) is 0 Å². The predicted molar refractivity (Wildman–Crippen MR) is 139 cm³/mol. The quantitative estimate of drug-likeness (QED) is 0.476. The Balaban J connectivity index is 2.44. The number of benzene rings is 2. The van der Waals surface area contributed by atoms with Crippen LogP contribution >= 0.6 is 0 Å². The van der Waals surface area contributed by atoms with Crippen molar-refractivity contribution >= 4 is 35.4 Å². The van der Waals surface area contributed by atoms with Crippen LogP contribution in [0.25, 0.3) is 0 Å². The molecule has 2 N–H and O–H groups in total. The van der Waals surface area contributed by atoms with Crippen molar-refractivity contribution in [3.63, 3.8) is 0 Å². The van der Waals surface area contributed by atoms with Gasteiger partial charge < -0.3 is 19.6 Å². The van der Waals surface area contributed by atoms with Crippen molar-refractivity contribution in [3.05, 3.63) is 59.7 Å². The van der Waals surface area contributed by atoms with Crippen molar-refractivity contribution in [3.8, 4) is 0 Å². The molecule has 0 saturated heterocycles. The molecule has 0 aromatic heterocycles. The van der Waals surface area contributed by atoms with Gasteiger partial charge in [-0.15, -0.1) is 5.06 Å². The average Bonchev–Trinajstić information content (AvgIpc) is 2.78. The van der Waals surface area contributed by atoms with Gasteiger partial charge in [0.05, 0.1) is 16.8 Å². The average molecular weight is 514 g/mol. The first-order chi connectivity index (χ1) is 17.2. The van der Waals surface area contributed by atoms with E-state index >= 15 is 0 Å². The van der Waals surface area contributed by atoms with E-state index in [1.165, 1.54) is 24.3 Å². The van der Waals surface area contributed by atoms with Crippen LogP contribution in [0.1, 0.15) is 75.6 Å². The normalized spacial score (nSPS) is 11.2. The topological polar surface area (TPSA) is 123 Å². The lowest BCUT2D eigenvalue weighted by atomic mass is 10.1. The molecule has 10 heteroatoms. The van der Waals surface area contributed by atoms with Crippen molar-refractivity contribution in [1.29, 1.82) is 0 Å². The molecule has 2 aromatic rings. The first-order valence-corrected chi connectivity index (χ1v) is 11.9. The molecule has 0 spiro atoms. The third-order valence-corrected chi connectivity index (χ3v) is 4.42. The summed E-state index contributed by atoms with van der Waals surface area (Å²) in [6.07, 6.45) is -1.07. The van der Waals surface area contributed by atoms with Gasteiger partial charge in [-0.2, -0.15) is 0 Å². The Hall–Kier alpha value is -4.08. The van der Waals surface area contributed by atoms with Gasteiger partial charge in [0.1, 0.15) is 16.9 Å². The highest BCUT2D eigenvalue weighted by Gasteiger charge is 2.31. The van der Waals surface area contributed by atoms with Crippen LogP contribution in [0.15, 0.2) is 48.5 Å². The lowest BCUT2D eigenvalue weighted by molar-refractivity contribution is 0.0197. The number of rotatable bonds is 6. The van der Waals surface area contributed by atoms with Gasteiger partial charge in [-0.1, -0.05) is 31.2 Å². The van der Waals surface area contributed by atoms with Gasteiger partial charge in [-0.25, -0.2) is 14.4 Å². The molecular weight excluding hydrogens is 478 g/mol. The van der Waals surface area contributed by atoms with Gasteiger partial charge in [-0.05, 0) is 72.2 Å². The summed E-state index contributed by atoms with van der Waals surface area (Å²) in [7, 11) is 0. The molecule has 0 saturated carbocycles. The first-order valence-electron chi connectivity index (χ1n) is 11.9. The molecule has 0 bridgehead atoms. The molecule has 0 fully saturated rings. The summed E-state index contributed by atoms with van der Waals surface area (Å²) < 4.78 is 10.7. The number of para-hydroxylation sites is 2. The zero-order valence-corrected chi connectivity index (χ0v) is 22.3. The van der Waals surface area contributed by atoms with Crippen LogP contribution in [0, 0.1) is 0 Å². The van der Waals surface area contributed by atoms with Gasteiger partial charge >= 0.3 is 18.2 Å². The Kier molecular flexibility index (Phi) is 9.65. The second-order valence-electron chi connectivity index (χ2n) is 10.1. The van der Waals surface area contributed by atoms with E-state index in [2.05, 4.69) is 10.6 Å². The van der Waals surface area contributed by atoms with Gasteiger partial charge in [0.25, 0.3) is 5.91 Å². The number of carbonyl (C=O) groups excluding carboxylic acids is 4. The minimum absolute atomic E-state index is 0.0104. The van der Waals surface area contributed by atoms with Gasteiger partial charge in [0, 0.05) is 6.54 Å². The van der Waals surface area contributed by atoms with Crippen molar-refractivity contribution in [2.24, 2.45) is 0 Å². The van der Waals surface area contributed by atoms with Crippen molar-refractivity contribution < 1.29 is 33.5 Å². The maximum atomic E-state index is 13.3. The number of nitrogens with zero attached hydrogens (tertiary/aromatic N) is 1. The summed E-state index contributed by atoms with van der Waals surface area (Å²) in [6, 6.07) is 12.3. The monoisotopic (exact) mass is 513 g/mol. The van der Waals surface area contributed by atoms with Gasteiger partial charge in [-0.3, -0.25) is 10.1 Å². The molecule has 2 rings (SSSR count). The molecule has 0 aliphatic heterocycles. The molecular formula is C27H35N3O7. The van der Waals surface area contributed by atoms with E-state index in [0.29, 0.717) is 18.0 Å². The number of hydroxylamine groups is 1. The Bertz CT molecular complexity index is 1130. The number of hydrogen-bond donors (Lipinski definition) is 2. The second kappa shape index (κ2) is 12.2. The van der Waals surface area contributed by atoms with Gasteiger partial charge in [0.15, 0.2) is 0 Å². The van der Waals surface area contributed by atoms with Crippen LogP contribution in [0.4, 0.5) is 21.0 Å². The molecule has 0 atom stereocenters.